The molecule has 2 aliphatic rings. The van der Waals surface area contributed by atoms with Crippen molar-refractivity contribution < 1.29 is 27.8 Å². The van der Waals surface area contributed by atoms with E-state index in [1.165, 1.54) is 56.6 Å². The molecule has 1 aromatic carbocycles. The van der Waals surface area contributed by atoms with Crippen LogP contribution in [0.2, 0.25) is 0 Å². The number of carboxylic acids is 1. The summed E-state index contributed by atoms with van der Waals surface area (Å²) in [4.78, 5) is 14.2. The van der Waals surface area contributed by atoms with E-state index in [1.807, 2.05) is 24.0 Å². The molecule has 0 amide bonds. The van der Waals surface area contributed by atoms with E-state index in [1.54, 1.807) is 7.11 Å². The number of aliphatic carboxylic acids is 1. The van der Waals surface area contributed by atoms with Gasteiger partial charge >= 0.3 is 12.1 Å². The van der Waals surface area contributed by atoms with E-state index < -0.39 is 12.1 Å². The van der Waals surface area contributed by atoms with Gasteiger partial charge in [0, 0.05) is 45.0 Å². The molecule has 33 heavy (non-hydrogen) atoms. The molecule has 1 unspecified atom stereocenters. The third-order valence-electron chi connectivity index (χ3n) is 6.21. The van der Waals surface area contributed by atoms with Crippen LogP contribution in [0.4, 0.5) is 13.2 Å². The van der Waals surface area contributed by atoms with E-state index >= 15 is 0 Å². The molecule has 1 N–H and O–H groups in total. The molecule has 0 bridgehead atoms. The van der Waals surface area contributed by atoms with Crippen LogP contribution in [0, 0.1) is 5.41 Å². The number of likely N-dealkylation sites (tertiary alicyclic amines) is 2. The van der Waals surface area contributed by atoms with Crippen molar-refractivity contribution in [1.29, 1.82) is 0 Å². The lowest BCUT2D eigenvalue weighted by Crippen LogP contribution is -2.44. The van der Waals surface area contributed by atoms with Crippen molar-refractivity contribution in [3.63, 3.8) is 0 Å². The van der Waals surface area contributed by atoms with E-state index in [0.717, 1.165) is 18.8 Å². The van der Waals surface area contributed by atoms with Gasteiger partial charge < -0.3 is 9.84 Å². The molecular formula is C23H31F3N4O3. The number of rotatable bonds is 5. The van der Waals surface area contributed by atoms with Gasteiger partial charge in [0.05, 0.1) is 13.3 Å². The molecule has 1 atom stereocenters. The van der Waals surface area contributed by atoms with Crippen molar-refractivity contribution in [1.82, 2.24) is 19.6 Å². The Kier molecular flexibility index (Phi) is 8.01. The fraction of sp³-hybridized carbons (Fsp3) is 0.565. The zero-order chi connectivity index (χ0) is 24.1. The molecule has 2 fully saturated rings. The van der Waals surface area contributed by atoms with Gasteiger partial charge in [-0.15, -0.1) is 0 Å². The SMILES string of the molecule is COc1cccc(CN2CCCC3(CCN(Cc4cnn(C)c4)C3)C2)c1.O=C(O)C(F)(F)F. The number of hydrogen-bond acceptors (Lipinski definition) is 5. The van der Waals surface area contributed by atoms with E-state index in [0.29, 0.717) is 5.41 Å². The Morgan fingerprint density at radius 2 is 1.82 bits per heavy atom. The first kappa shape index (κ1) is 25.0. The number of alkyl halides is 3. The Morgan fingerprint density at radius 1 is 1.15 bits per heavy atom. The number of piperidine rings is 1. The molecule has 4 rings (SSSR count). The fourth-order valence-electron chi connectivity index (χ4n) is 4.78. The molecule has 0 saturated carbocycles. The molecule has 2 aliphatic heterocycles. The number of aromatic nitrogens is 2. The minimum atomic E-state index is -5.08. The van der Waals surface area contributed by atoms with E-state index in [-0.39, 0.29) is 0 Å². The van der Waals surface area contributed by atoms with Crippen LogP contribution >= 0.6 is 0 Å². The third-order valence-corrected chi connectivity index (χ3v) is 6.21. The Balaban J connectivity index is 0.000000383. The highest BCUT2D eigenvalue weighted by Crippen LogP contribution is 2.39. The fourth-order valence-corrected chi connectivity index (χ4v) is 4.78. The average Bonchev–Trinajstić information content (AvgIpc) is 3.34. The number of carboxylic acid groups (broad SMARTS) is 1. The zero-order valence-corrected chi connectivity index (χ0v) is 19.0. The number of methoxy groups -OCH3 is 1. The number of ether oxygens (including phenoxy) is 1. The molecule has 3 heterocycles. The van der Waals surface area contributed by atoms with Crippen LogP contribution in [0.15, 0.2) is 36.7 Å². The lowest BCUT2D eigenvalue weighted by molar-refractivity contribution is -0.192. The highest BCUT2D eigenvalue weighted by atomic mass is 19.4. The summed E-state index contributed by atoms with van der Waals surface area (Å²) in [5.41, 5.74) is 3.15. The largest absolute Gasteiger partial charge is 0.497 e. The molecule has 0 radical (unpaired) electrons. The highest BCUT2D eigenvalue weighted by Gasteiger charge is 2.41. The van der Waals surface area contributed by atoms with Crippen LogP contribution in [0.1, 0.15) is 30.4 Å². The lowest BCUT2D eigenvalue weighted by Gasteiger charge is -2.40. The van der Waals surface area contributed by atoms with Gasteiger partial charge in [0.15, 0.2) is 0 Å². The predicted molar refractivity (Wildman–Crippen MR) is 117 cm³/mol. The average molecular weight is 469 g/mol. The minimum Gasteiger partial charge on any atom is -0.497 e. The Hall–Kier alpha value is -2.59. The van der Waals surface area contributed by atoms with Crippen molar-refractivity contribution in [3.05, 3.63) is 47.8 Å². The molecule has 2 aromatic rings. The van der Waals surface area contributed by atoms with E-state index in [4.69, 9.17) is 14.6 Å². The van der Waals surface area contributed by atoms with Crippen LogP contribution < -0.4 is 4.74 Å². The van der Waals surface area contributed by atoms with E-state index in [9.17, 15) is 13.2 Å². The lowest BCUT2D eigenvalue weighted by atomic mass is 9.79. The van der Waals surface area contributed by atoms with Gasteiger partial charge in [-0.1, -0.05) is 12.1 Å². The Labute approximate surface area is 191 Å². The molecule has 1 spiro atoms. The second-order valence-electron chi connectivity index (χ2n) is 8.95. The summed E-state index contributed by atoms with van der Waals surface area (Å²) in [6.07, 6.45) is 3.06. The Bertz CT molecular complexity index is 934. The number of benzene rings is 1. The normalized spacial score (nSPS) is 21.6. The molecule has 182 valence electrons. The second kappa shape index (κ2) is 10.6. The molecule has 0 aliphatic carbocycles. The van der Waals surface area contributed by atoms with Crippen LogP contribution in [0.3, 0.4) is 0 Å². The van der Waals surface area contributed by atoms with Crippen molar-refractivity contribution in [2.24, 2.45) is 12.5 Å². The first-order valence-corrected chi connectivity index (χ1v) is 10.9. The maximum absolute atomic E-state index is 10.6. The van der Waals surface area contributed by atoms with Crippen LogP contribution in [0.5, 0.6) is 5.75 Å². The number of halogens is 3. The van der Waals surface area contributed by atoms with Gasteiger partial charge in [0.25, 0.3) is 0 Å². The summed E-state index contributed by atoms with van der Waals surface area (Å²) < 4.78 is 39.0. The van der Waals surface area contributed by atoms with Crippen molar-refractivity contribution in [3.8, 4) is 5.75 Å². The Morgan fingerprint density at radius 3 is 2.42 bits per heavy atom. The summed E-state index contributed by atoms with van der Waals surface area (Å²) in [7, 11) is 3.73. The van der Waals surface area contributed by atoms with Crippen LogP contribution in [-0.4, -0.2) is 70.1 Å². The summed E-state index contributed by atoms with van der Waals surface area (Å²) in [6.45, 7) is 6.92. The monoisotopic (exact) mass is 468 g/mol. The quantitative estimate of drug-likeness (QED) is 0.724. The summed E-state index contributed by atoms with van der Waals surface area (Å²) in [5, 5.41) is 11.4. The minimum absolute atomic E-state index is 0.472. The third kappa shape index (κ3) is 7.20. The van der Waals surface area contributed by atoms with Gasteiger partial charge in [-0.3, -0.25) is 14.5 Å². The van der Waals surface area contributed by atoms with Crippen LogP contribution in [0.25, 0.3) is 0 Å². The van der Waals surface area contributed by atoms with Crippen LogP contribution in [-0.2, 0) is 24.9 Å². The smallest absolute Gasteiger partial charge is 0.490 e. The standard InChI is InChI=1S/C21H30N4O.C2HF3O2/c1-23-13-19(12-22-23)15-25-10-8-21(17-25)7-4-9-24(16-21)14-18-5-3-6-20(11-18)26-2;3-2(4,5)1(6)7/h3,5-6,11-13H,4,7-10,14-17H2,1-2H3;(H,6,7). The van der Waals surface area contributed by atoms with Crippen molar-refractivity contribution in [2.45, 2.75) is 38.5 Å². The maximum Gasteiger partial charge on any atom is 0.490 e. The second-order valence-corrected chi connectivity index (χ2v) is 8.95. The summed E-state index contributed by atoms with van der Waals surface area (Å²) >= 11 is 0. The number of nitrogens with zero attached hydrogens (tertiary/aromatic N) is 4. The molecule has 10 heteroatoms. The first-order chi connectivity index (χ1) is 15.6. The topological polar surface area (TPSA) is 70.8 Å². The summed E-state index contributed by atoms with van der Waals surface area (Å²) in [6, 6.07) is 8.51. The van der Waals surface area contributed by atoms with Gasteiger partial charge in [0.1, 0.15) is 5.75 Å². The number of carbonyl (C=O) groups is 1. The summed E-state index contributed by atoms with van der Waals surface area (Å²) in [5.74, 6) is -1.80. The number of aryl methyl sites for hydroxylation is 1. The van der Waals surface area contributed by atoms with Gasteiger partial charge in [-0.2, -0.15) is 18.3 Å². The van der Waals surface area contributed by atoms with E-state index in [2.05, 4.69) is 39.3 Å². The van der Waals surface area contributed by atoms with Gasteiger partial charge in [-0.25, -0.2) is 4.79 Å². The molecule has 2 saturated heterocycles. The highest BCUT2D eigenvalue weighted by molar-refractivity contribution is 5.73. The van der Waals surface area contributed by atoms with Gasteiger partial charge in [-0.05, 0) is 55.5 Å². The zero-order valence-electron chi connectivity index (χ0n) is 19.0. The van der Waals surface area contributed by atoms with Gasteiger partial charge in [0.2, 0.25) is 0 Å². The predicted octanol–water partition coefficient (Wildman–Crippen LogP) is 3.55. The first-order valence-electron chi connectivity index (χ1n) is 10.9. The maximum atomic E-state index is 10.6. The number of hydrogen-bond donors (Lipinski definition) is 1. The van der Waals surface area contributed by atoms with Crippen molar-refractivity contribution >= 4 is 5.97 Å². The molecular weight excluding hydrogens is 437 g/mol. The molecule has 7 nitrogen and oxygen atoms in total. The van der Waals surface area contributed by atoms with Crippen molar-refractivity contribution in [2.75, 3.05) is 33.3 Å². The molecule has 1 aromatic heterocycles.